The Bertz CT molecular complexity index is 408. The Hall–Kier alpha value is -1.22. The molecule has 0 saturated carbocycles. The summed E-state index contributed by atoms with van der Waals surface area (Å²) in [6.07, 6.45) is 3.06. The lowest BCUT2D eigenvalue weighted by atomic mass is 10.1. The fourth-order valence-corrected chi connectivity index (χ4v) is 1.82. The molecular formula is C11H12ClNO2. The third-order valence-corrected chi connectivity index (χ3v) is 2.61. The van der Waals surface area contributed by atoms with E-state index in [0.29, 0.717) is 12.3 Å². The number of carbonyl (C=O) groups is 1. The van der Waals surface area contributed by atoms with E-state index in [1.165, 1.54) is 5.57 Å². The first-order valence-corrected chi connectivity index (χ1v) is 5.25. The molecule has 0 N–H and O–H groups in total. The number of rotatable bonds is 1. The quantitative estimate of drug-likeness (QED) is 0.689. The number of hydrogen-bond donors (Lipinski definition) is 0. The molecule has 2 heterocycles. The Morgan fingerprint density at radius 2 is 2.33 bits per heavy atom. The molecule has 0 atom stereocenters. The van der Waals surface area contributed by atoms with E-state index in [1.807, 2.05) is 6.92 Å². The molecule has 1 aromatic rings. The van der Waals surface area contributed by atoms with Gasteiger partial charge in [0.15, 0.2) is 11.0 Å². The predicted molar refractivity (Wildman–Crippen MR) is 58.0 cm³/mol. The maximum absolute atomic E-state index is 11.9. The second kappa shape index (κ2) is 4.11. The molecule has 0 saturated heterocycles. The summed E-state index contributed by atoms with van der Waals surface area (Å²) in [5.74, 6) is 0.226. The van der Waals surface area contributed by atoms with Crippen LogP contribution >= 0.6 is 11.6 Å². The first-order chi connectivity index (χ1) is 7.16. The van der Waals surface area contributed by atoms with Crippen LogP contribution in [0.5, 0.6) is 0 Å². The third-order valence-electron chi connectivity index (χ3n) is 2.40. The maximum Gasteiger partial charge on any atom is 0.289 e. The Kier molecular flexibility index (Phi) is 2.82. The number of halogens is 1. The molecule has 0 bridgehead atoms. The van der Waals surface area contributed by atoms with Crippen LogP contribution in [0.15, 0.2) is 28.2 Å². The van der Waals surface area contributed by atoms with Crippen molar-refractivity contribution in [2.24, 2.45) is 0 Å². The summed E-state index contributed by atoms with van der Waals surface area (Å²) in [7, 11) is 0. The second-order valence-corrected chi connectivity index (χ2v) is 4.04. The fraction of sp³-hybridized carbons (Fsp3) is 0.364. The average molecular weight is 226 g/mol. The molecule has 80 valence electrons. The summed E-state index contributed by atoms with van der Waals surface area (Å²) in [4.78, 5) is 13.7. The molecule has 1 aliphatic heterocycles. The number of furan rings is 1. The molecule has 1 aromatic heterocycles. The van der Waals surface area contributed by atoms with Gasteiger partial charge in [0.25, 0.3) is 5.91 Å². The van der Waals surface area contributed by atoms with Gasteiger partial charge < -0.3 is 9.32 Å². The number of amides is 1. The zero-order valence-electron chi connectivity index (χ0n) is 8.50. The van der Waals surface area contributed by atoms with E-state index in [9.17, 15) is 4.79 Å². The third kappa shape index (κ3) is 2.23. The van der Waals surface area contributed by atoms with Crippen molar-refractivity contribution in [1.29, 1.82) is 0 Å². The zero-order valence-corrected chi connectivity index (χ0v) is 9.25. The lowest BCUT2D eigenvalue weighted by Crippen LogP contribution is -2.35. The van der Waals surface area contributed by atoms with E-state index < -0.39 is 0 Å². The Balaban J connectivity index is 2.12. The molecule has 0 radical (unpaired) electrons. The molecule has 3 nitrogen and oxygen atoms in total. The largest absolute Gasteiger partial charge is 0.440 e. The first kappa shape index (κ1) is 10.3. The first-order valence-electron chi connectivity index (χ1n) is 4.87. The molecule has 1 aliphatic rings. The van der Waals surface area contributed by atoms with Crippen molar-refractivity contribution in [2.75, 3.05) is 13.1 Å². The standard InChI is InChI=1S/C11H12ClNO2/c1-8-3-2-6-13(7-8)11(14)9-4-5-10(12)15-9/h3-5H,2,6-7H2,1H3. The van der Waals surface area contributed by atoms with E-state index in [-0.39, 0.29) is 11.1 Å². The molecule has 1 amide bonds. The van der Waals surface area contributed by atoms with Crippen molar-refractivity contribution in [3.63, 3.8) is 0 Å². The Labute approximate surface area is 93.3 Å². The van der Waals surface area contributed by atoms with Crippen LogP contribution < -0.4 is 0 Å². The normalized spacial score (nSPS) is 16.4. The highest BCUT2D eigenvalue weighted by Gasteiger charge is 2.20. The van der Waals surface area contributed by atoms with Crippen molar-refractivity contribution in [2.45, 2.75) is 13.3 Å². The molecule has 15 heavy (non-hydrogen) atoms. The van der Waals surface area contributed by atoms with Crippen LogP contribution in [-0.2, 0) is 0 Å². The smallest absolute Gasteiger partial charge is 0.289 e. The maximum atomic E-state index is 11.9. The van der Waals surface area contributed by atoms with Crippen LogP contribution in [-0.4, -0.2) is 23.9 Å². The van der Waals surface area contributed by atoms with Crippen molar-refractivity contribution in [3.8, 4) is 0 Å². The lowest BCUT2D eigenvalue weighted by Gasteiger charge is -2.25. The minimum absolute atomic E-state index is 0.0886. The summed E-state index contributed by atoms with van der Waals surface area (Å²) in [5.41, 5.74) is 1.22. The minimum Gasteiger partial charge on any atom is -0.440 e. The highest BCUT2D eigenvalue weighted by molar-refractivity contribution is 6.29. The van der Waals surface area contributed by atoms with Crippen molar-refractivity contribution in [1.82, 2.24) is 4.90 Å². The van der Waals surface area contributed by atoms with Gasteiger partial charge in [0.1, 0.15) is 0 Å². The molecule has 0 aliphatic carbocycles. The van der Waals surface area contributed by atoms with Gasteiger partial charge in [0, 0.05) is 13.1 Å². The van der Waals surface area contributed by atoms with Gasteiger partial charge >= 0.3 is 0 Å². The van der Waals surface area contributed by atoms with Gasteiger partial charge in [-0.05, 0) is 37.1 Å². The SMILES string of the molecule is CC1=CCCN(C(=O)c2ccc(Cl)o2)C1. The van der Waals surface area contributed by atoms with Gasteiger partial charge in [-0.3, -0.25) is 4.79 Å². The summed E-state index contributed by atoms with van der Waals surface area (Å²) < 4.78 is 5.09. The Morgan fingerprint density at radius 3 is 2.93 bits per heavy atom. The summed E-state index contributed by atoms with van der Waals surface area (Å²) >= 11 is 5.62. The van der Waals surface area contributed by atoms with Gasteiger partial charge in [-0.25, -0.2) is 0 Å². The zero-order chi connectivity index (χ0) is 10.8. The van der Waals surface area contributed by atoms with E-state index >= 15 is 0 Å². The second-order valence-electron chi connectivity index (χ2n) is 3.67. The van der Waals surface area contributed by atoms with Crippen molar-refractivity contribution in [3.05, 3.63) is 34.8 Å². The topological polar surface area (TPSA) is 33.5 Å². The van der Waals surface area contributed by atoms with E-state index in [0.717, 1.165) is 13.0 Å². The molecule has 0 unspecified atom stereocenters. The van der Waals surface area contributed by atoms with Crippen LogP contribution in [0.3, 0.4) is 0 Å². The lowest BCUT2D eigenvalue weighted by molar-refractivity contribution is 0.0734. The Morgan fingerprint density at radius 1 is 1.53 bits per heavy atom. The molecule has 0 aromatic carbocycles. The monoisotopic (exact) mass is 225 g/mol. The van der Waals surface area contributed by atoms with Crippen molar-refractivity contribution < 1.29 is 9.21 Å². The van der Waals surface area contributed by atoms with Gasteiger partial charge in [-0.15, -0.1) is 0 Å². The van der Waals surface area contributed by atoms with E-state index in [4.69, 9.17) is 16.0 Å². The summed E-state index contributed by atoms with van der Waals surface area (Å²) in [5, 5.41) is 0.252. The van der Waals surface area contributed by atoms with Crippen LogP contribution in [0, 0.1) is 0 Å². The predicted octanol–water partition coefficient (Wildman–Crippen LogP) is 2.73. The summed E-state index contributed by atoms with van der Waals surface area (Å²) in [6.45, 7) is 3.44. The van der Waals surface area contributed by atoms with Crippen LogP contribution in [0.25, 0.3) is 0 Å². The molecule has 4 heteroatoms. The molecule has 2 rings (SSSR count). The molecule has 0 spiro atoms. The highest BCUT2D eigenvalue weighted by Crippen LogP contribution is 2.17. The van der Waals surface area contributed by atoms with E-state index in [2.05, 4.69) is 6.08 Å². The number of carbonyl (C=O) groups excluding carboxylic acids is 1. The van der Waals surface area contributed by atoms with Crippen LogP contribution in [0.1, 0.15) is 23.9 Å². The average Bonchev–Trinajstić information content (AvgIpc) is 2.64. The minimum atomic E-state index is -0.0886. The van der Waals surface area contributed by atoms with Gasteiger partial charge in [0.2, 0.25) is 0 Å². The van der Waals surface area contributed by atoms with Crippen LogP contribution in [0.4, 0.5) is 0 Å². The van der Waals surface area contributed by atoms with E-state index in [1.54, 1.807) is 17.0 Å². The van der Waals surface area contributed by atoms with Gasteiger partial charge in [-0.1, -0.05) is 11.6 Å². The number of nitrogens with zero attached hydrogens (tertiary/aromatic N) is 1. The van der Waals surface area contributed by atoms with Crippen LogP contribution in [0.2, 0.25) is 5.22 Å². The fourth-order valence-electron chi connectivity index (χ4n) is 1.67. The molecule has 0 fully saturated rings. The molecular weight excluding hydrogens is 214 g/mol. The highest BCUT2D eigenvalue weighted by atomic mass is 35.5. The van der Waals surface area contributed by atoms with Crippen molar-refractivity contribution >= 4 is 17.5 Å². The summed E-state index contributed by atoms with van der Waals surface area (Å²) in [6, 6.07) is 3.19. The van der Waals surface area contributed by atoms with Gasteiger partial charge in [-0.2, -0.15) is 0 Å². The number of hydrogen-bond acceptors (Lipinski definition) is 2. The van der Waals surface area contributed by atoms with Gasteiger partial charge in [0.05, 0.1) is 0 Å².